The second-order valence-electron chi connectivity index (χ2n) is 4.57. The van der Waals surface area contributed by atoms with Crippen LogP contribution in [0.15, 0.2) is 53.0 Å². The monoisotopic (exact) mass is 343 g/mol. The summed E-state index contributed by atoms with van der Waals surface area (Å²) in [6.07, 6.45) is 0. The summed E-state index contributed by atoms with van der Waals surface area (Å²) in [6.45, 7) is 0. The van der Waals surface area contributed by atoms with Crippen molar-refractivity contribution < 1.29 is 15.0 Å². The number of rotatable bonds is 2. The van der Waals surface area contributed by atoms with Gasteiger partial charge >= 0.3 is 5.97 Å². The number of pyridine rings is 1. The van der Waals surface area contributed by atoms with Crippen LogP contribution in [0.1, 0.15) is 10.4 Å². The molecule has 0 radical (unpaired) electrons. The zero-order valence-corrected chi connectivity index (χ0v) is 12.3. The summed E-state index contributed by atoms with van der Waals surface area (Å²) in [5.74, 6) is -0.967. The van der Waals surface area contributed by atoms with E-state index in [2.05, 4.69) is 20.9 Å². The van der Waals surface area contributed by atoms with E-state index < -0.39 is 5.97 Å². The van der Waals surface area contributed by atoms with Gasteiger partial charge in [-0.05, 0) is 30.3 Å². The van der Waals surface area contributed by atoms with Crippen molar-refractivity contribution in [3.05, 3.63) is 58.6 Å². The minimum absolute atomic E-state index is 0.0549. The Morgan fingerprint density at radius 1 is 1.05 bits per heavy atom. The number of hydrogen-bond acceptors (Lipinski definition) is 3. The van der Waals surface area contributed by atoms with Crippen molar-refractivity contribution in [2.75, 3.05) is 0 Å². The Bertz CT molecular complexity index is 844. The molecule has 2 aromatic carbocycles. The Labute approximate surface area is 128 Å². The van der Waals surface area contributed by atoms with E-state index in [-0.39, 0.29) is 11.3 Å². The van der Waals surface area contributed by atoms with Crippen LogP contribution in [0.2, 0.25) is 0 Å². The molecule has 4 nitrogen and oxygen atoms in total. The van der Waals surface area contributed by atoms with Gasteiger partial charge in [0.15, 0.2) is 0 Å². The van der Waals surface area contributed by atoms with Crippen LogP contribution in [0.4, 0.5) is 0 Å². The first-order valence-corrected chi connectivity index (χ1v) is 6.97. The van der Waals surface area contributed by atoms with Crippen LogP contribution >= 0.6 is 15.9 Å². The highest BCUT2D eigenvalue weighted by atomic mass is 79.9. The molecule has 0 bridgehead atoms. The van der Waals surface area contributed by atoms with E-state index in [9.17, 15) is 15.0 Å². The predicted molar refractivity (Wildman–Crippen MR) is 83.5 cm³/mol. The summed E-state index contributed by atoms with van der Waals surface area (Å²) in [5.41, 5.74) is 1.98. The molecule has 0 aliphatic rings. The number of fused-ring (bicyclic) bond motifs is 1. The molecule has 2 N–H and O–H groups in total. The minimum atomic E-state index is -1.02. The summed E-state index contributed by atoms with van der Waals surface area (Å²) < 4.78 is 0.933. The average molecular weight is 344 g/mol. The lowest BCUT2D eigenvalue weighted by atomic mass is 10.0. The third-order valence-electron chi connectivity index (χ3n) is 3.16. The largest absolute Gasteiger partial charge is 0.508 e. The number of phenolic OH excluding ortho intramolecular Hbond substituents is 1. The number of phenols is 1. The fourth-order valence-electron chi connectivity index (χ4n) is 2.16. The standard InChI is InChI=1S/C16H10BrNO3/c17-10-3-1-9(2-4-10)14-8-13(16(20)21)12-6-5-11(19)7-15(12)18-14/h1-8,19H,(H,20,21). The Kier molecular flexibility index (Phi) is 3.35. The Morgan fingerprint density at radius 3 is 2.43 bits per heavy atom. The quantitative estimate of drug-likeness (QED) is 0.735. The van der Waals surface area contributed by atoms with Crippen molar-refractivity contribution in [3.8, 4) is 17.0 Å². The Morgan fingerprint density at radius 2 is 1.76 bits per heavy atom. The maximum absolute atomic E-state index is 11.4. The number of halogens is 1. The van der Waals surface area contributed by atoms with E-state index >= 15 is 0 Å². The first-order valence-electron chi connectivity index (χ1n) is 6.17. The van der Waals surface area contributed by atoms with E-state index in [1.165, 1.54) is 12.1 Å². The van der Waals surface area contributed by atoms with Crippen LogP contribution in [-0.2, 0) is 0 Å². The molecular weight excluding hydrogens is 334 g/mol. The molecule has 0 unspecified atom stereocenters. The molecule has 1 heterocycles. The summed E-state index contributed by atoms with van der Waals surface area (Å²) in [6, 6.07) is 13.5. The number of carboxylic acids is 1. The number of nitrogens with zero attached hydrogens (tertiary/aromatic N) is 1. The van der Waals surface area contributed by atoms with Crippen molar-refractivity contribution in [2.45, 2.75) is 0 Å². The first-order chi connectivity index (χ1) is 10.0. The van der Waals surface area contributed by atoms with Crippen LogP contribution in [0.3, 0.4) is 0 Å². The van der Waals surface area contributed by atoms with Crippen LogP contribution in [0.25, 0.3) is 22.2 Å². The van der Waals surface area contributed by atoms with Crippen molar-refractivity contribution in [2.24, 2.45) is 0 Å². The molecule has 5 heteroatoms. The van der Waals surface area contributed by atoms with Gasteiger partial charge in [0.1, 0.15) is 5.75 Å². The van der Waals surface area contributed by atoms with Gasteiger partial charge in [0.2, 0.25) is 0 Å². The lowest BCUT2D eigenvalue weighted by molar-refractivity contribution is 0.0699. The zero-order chi connectivity index (χ0) is 15.0. The number of aromatic hydroxyl groups is 1. The van der Waals surface area contributed by atoms with E-state index in [4.69, 9.17) is 0 Å². The Balaban J connectivity index is 2.29. The molecular formula is C16H10BrNO3. The highest BCUT2D eigenvalue weighted by Gasteiger charge is 2.13. The van der Waals surface area contributed by atoms with Gasteiger partial charge in [-0.1, -0.05) is 28.1 Å². The van der Waals surface area contributed by atoms with E-state index in [0.717, 1.165) is 10.0 Å². The topological polar surface area (TPSA) is 70.4 Å². The van der Waals surface area contributed by atoms with E-state index in [0.29, 0.717) is 16.6 Å². The summed E-state index contributed by atoms with van der Waals surface area (Å²) >= 11 is 3.36. The third kappa shape index (κ3) is 2.60. The van der Waals surface area contributed by atoms with Crippen LogP contribution < -0.4 is 0 Å². The van der Waals surface area contributed by atoms with Crippen LogP contribution in [-0.4, -0.2) is 21.2 Å². The highest BCUT2D eigenvalue weighted by Crippen LogP contribution is 2.27. The first kappa shape index (κ1) is 13.6. The lowest BCUT2D eigenvalue weighted by Crippen LogP contribution is -2.00. The van der Waals surface area contributed by atoms with Gasteiger partial charge in [-0.25, -0.2) is 9.78 Å². The molecule has 0 aliphatic heterocycles. The molecule has 3 aromatic rings. The lowest BCUT2D eigenvalue weighted by Gasteiger charge is -2.07. The third-order valence-corrected chi connectivity index (χ3v) is 3.69. The van der Waals surface area contributed by atoms with Crippen molar-refractivity contribution in [3.63, 3.8) is 0 Å². The molecule has 3 rings (SSSR count). The van der Waals surface area contributed by atoms with E-state index in [1.54, 1.807) is 12.1 Å². The summed E-state index contributed by atoms with van der Waals surface area (Å²) in [4.78, 5) is 15.9. The normalized spacial score (nSPS) is 10.7. The number of aromatic nitrogens is 1. The number of aromatic carboxylic acids is 1. The molecule has 0 saturated carbocycles. The molecule has 0 aliphatic carbocycles. The number of benzene rings is 2. The van der Waals surface area contributed by atoms with E-state index in [1.807, 2.05) is 24.3 Å². The van der Waals surface area contributed by atoms with Crippen LogP contribution in [0, 0.1) is 0 Å². The number of hydrogen-bond donors (Lipinski definition) is 2. The molecule has 0 saturated heterocycles. The molecule has 0 amide bonds. The summed E-state index contributed by atoms with van der Waals surface area (Å²) in [7, 11) is 0. The molecule has 0 spiro atoms. The van der Waals surface area contributed by atoms with Crippen molar-refractivity contribution >= 4 is 32.8 Å². The van der Waals surface area contributed by atoms with Crippen molar-refractivity contribution in [1.29, 1.82) is 0 Å². The fourth-order valence-corrected chi connectivity index (χ4v) is 2.43. The maximum atomic E-state index is 11.4. The Hall–Kier alpha value is -2.40. The van der Waals surface area contributed by atoms with Gasteiger partial charge in [0, 0.05) is 21.5 Å². The van der Waals surface area contributed by atoms with Gasteiger partial charge in [0.05, 0.1) is 16.8 Å². The van der Waals surface area contributed by atoms with Gasteiger partial charge in [0.25, 0.3) is 0 Å². The SMILES string of the molecule is O=C(O)c1cc(-c2ccc(Br)cc2)nc2cc(O)ccc12. The fraction of sp³-hybridized carbons (Fsp3) is 0. The van der Waals surface area contributed by atoms with Crippen LogP contribution in [0.5, 0.6) is 5.75 Å². The van der Waals surface area contributed by atoms with Gasteiger partial charge in [-0.2, -0.15) is 0 Å². The highest BCUT2D eigenvalue weighted by molar-refractivity contribution is 9.10. The molecule has 1 aromatic heterocycles. The smallest absolute Gasteiger partial charge is 0.336 e. The minimum Gasteiger partial charge on any atom is -0.508 e. The molecule has 0 fully saturated rings. The second-order valence-corrected chi connectivity index (χ2v) is 5.48. The molecule has 0 atom stereocenters. The second kappa shape index (κ2) is 5.18. The summed E-state index contributed by atoms with van der Waals surface area (Å²) in [5, 5.41) is 19.4. The zero-order valence-electron chi connectivity index (χ0n) is 10.7. The molecule has 21 heavy (non-hydrogen) atoms. The van der Waals surface area contributed by atoms with Gasteiger partial charge in [-0.3, -0.25) is 0 Å². The number of carboxylic acid groups (broad SMARTS) is 1. The predicted octanol–water partition coefficient (Wildman–Crippen LogP) is 4.07. The van der Waals surface area contributed by atoms with Gasteiger partial charge < -0.3 is 10.2 Å². The maximum Gasteiger partial charge on any atom is 0.336 e. The van der Waals surface area contributed by atoms with Gasteiger partial charge in [-0.15, -0.1) is 0 Å². The number of carbonyl (C=O) groups is 1. The average Bonchev–Trinajstić information content (AvgIpc) is 2.46. The van der Waals surface area contributed by atoms with Crippen molar-refractivity contribution in [1.82, 2.24) is 4.98 Å². The molecule has 104 valence electrons.